The number of nitrogens with zero attached hydrogens (tertiary/aromatic N) is 2. The minimum Gasteiger partial charge on any atom is -0.469 e. The van der Waals surface area contributed by atoms with Crippen LogP contribution in [0.3, 0.4) is 0 Å². The van der Waals surface area contributed by atoms with Gasteiger partial charge in [0.2, 0.25) is 0 Å². The number of hydrogen-bond donors (Lipinski definition) is 0. The van der Waals surface area contributed by atoms with E-state index in [-0.39, 0.29) is 5.97 Å². The van der Waals surface area contributed by atoms with Crippen molar-refractivity contribution in [1.82, 2.24) is 4.90 Å². The van der Waals surface area contributed by atoms with E-state index < -0.39 is 0 Å². The van der Waals surface area contributed by atoms with Crippen molar-refractivity contribution >= 4 is 11.8 Å². The smallest absolute Gasteiger partial charge is 0.305 e. The lowest BCUT2D eigenvalue weighted by Gasteiger charge is -2.20. The topological polar surface area (TPSA) is 41.9 Å². The van der Waals surface area contributed by atoms with Crippen LogP contribution in [0.1, 0.15) is 18.4 Å². The molecule has 0 fully saturated rings. The lowest BCUT2D eigenvalue weighted by molar-refractivity contribution is -0.140. The number of hydrogen-bond acceptors (Lipinski definition) is 4. The SMILES string of the molecule is COC(=O)CCCN1CCN=C1Cc1ccccc1. The number of rotatable bonds is 6. The zero-order valence-electron chi connectivity index (χ0n) is 11.3. The fourth-order valence-electron chi connectivity index (χ4n) is 2.23. The molecule has 0 saturated carbocycles. The van der Waals surface area contributed by atoms with Crippen molar-refractivity contribution in [1.29, 1.82) is 0 Å². The second-order valence-electron chi connectivity index (χ2n) is 4.63. The molecule has 0 radical (unpaired) electrons. The molecule has 0 unspecified atom stereocenters. The van der Waals surface area contributed by atoms with E-state index >= 15 is 0 Å². The maximum absolute atomic E-state index is 11.1. The Kier molecular flexibility index (Phi) is 4.95. The van der Waals surface area contributed by atoms with Crippen LogP contribution in [0, 0.1) is 0 Å². The quantitative estimate of drug-likeness (QED) is 0.734. The van der Waals surface area contributed by atoms with Gasteiger partial charge >= 0.3 is 5.97 Å². The first kappa shape index (κ1) is 13.6. The van der Waals surface area contributed by atoms with Gasteiger partial charge in [-0.15, -0.1) is 0 Å². The zero-order valence-corrected chi connectivity index (χ0v) is 11.3. The van der Waals surface area contributed by atoms with Gasteiger partial charge in [-0.2, -0.15) is 0 Å². The molecule has 1 aromatic rings. The van der Waals surface area contributed by atoms with Crippen LogP contribution in [0.5, 0.6) is 0 Å². The lowest BCUT2D eigenvalue weighted by Crippen LogP contribution is -2.30. The van der Waals surface area contributed by atoms with Crippen molar-refractivity contribution in [3.8, 4) is 0 Å². The van der Waals surface area contributed by atoms with Gasteiger partial charge in [0.25, 0.3) is 0 Å². The summed E-state index contributed by atoms with van der Waals surface area (Å²) >= 11 is 0. The highest BCUT2D eigenvalue weighted by Gasteiger charge is 2.16. The first-order valence-electron chi connectivity index (χ1n) is 6.68. The molecule has 2 rings (SSSR count). The first-order chi connectivity index (χ1) is 9.29. The molecule has 1 aliphatic heterocycles. The summed E-state index contributed by atoms with van der Waals surface area (Å²) in [4.78, 5) is 17.9. The van der Waals surface area contributed by atoms with Crippen molar-refractivity contribution in [3.63, 3.8) is 0 Å². The van der Waals surface area contributed by atoms with Gasteiger partial charge in [-0.1, -0.05) is 30.3 Å². The van der Waals surface area contributed by atoms with E-state index in [1.165, 1.54) is 12.7 Å². The molecule has 1 aliphatic rings. The molecule has 19 heavy (non-hydrogen) atoms. The predicted molar refractivity (Wildman–Crippen MR) is 75.3 cm³/mol. The van der Waals surface area contributed by atoms with E-state index in [9.17, 15) is 4.79 Å². The number of esters is 1. The van der Waals surface area contributed by atoms with Crippen molar-refractivity contribution < 1.29 is 9.53 Å². The Balaban J connectivity index is 1.82. The van der Waals surface area contributed by atoms with Gasteiger partial charge in [0.1, 0.15) is 5.84 Å². The van der Waals surface area contributed by atoms with E-state index in [0.29, 0.717) is 6.42 Å². The fraction of sp³-hybridized carbons (Fsp3) is 0.467. The van der Waals surface area contributed by atoms with Crippen LogP contribution >= 0.6 is 0 Å². The molecule has 0 aliphatic carbocycles. The van der Waals surface area contributed by atoms with E-state index in [4.69, 9.17) is 0 Å². The van der Waals surface area contributed by atoms with Crippen LogP contribution in [0.4, 0.5) is 0 Å². The van der Waals surface area contributed by atoms with Crippen LogP contribution in [-0.4, -0.2) is 43.4 Å². The highest BCUT2D eigenvalue weighted by Crippen LogP contribution is 2.10. The Labute approximate surface area is 114 Å². The van der Waals surface area contributed by atoms with E-state index in [1.54, 1.807) is 0 Å². The molecule has 0 saturated heterocycles. The van der Waals surface area contributed by atoms with E-state index in [0.717, 1.165) is 38.3 Å². The number of aliphatic imine (C=N–C) groups is 1. The number of amidine groups is 1. The van der Waals surface area contributed by atoms with E-state index in [1.807, 2.05) is 18.2 Å². The number of methoxy groups -OCH3 is 1. The van der Waals surface area contributed by atoms with Crippen LogP contribution in [0.25, 0.3) is 0 Å². The lowest BCUT2D eigenvalue weighted by atomic mass is 10.1. The Morgan fingerprint density at radius 1 is 1.37 bits per heavy atom. The number of carbonyl (C=O) groups is 1. The minimum absolute atomic E-state index is 0.138. The average molecular weight is 260 g/mol. The molecule has 1 aromatic carbocycles. The summed E-state index contributed by atoms with van der Waals surface area (Å²) in [6, 6.07) is 10.4. The maximum Gasteiger partial charge on any atom is 0.305 e. The summed E-state index contributed by atoms with van der Waals surface area (Å²) < 4.78 is 4.65. The Morgan fingerprint density at radius 2 is 2.16 bits per heavy atom. The van der Waals surface area contributed by atoms with Crippen LogP contribution in [0.15, 0.2) is 35.3 Å². The van der Waals surface area contributed by atoms with Crippen LogP contribution in [0.2, 0.25) is 0 Å². The number of ether oxygens (including phenoxy) is 1. The van der Waals surface area contributed by atoms with Crippen molar-refractivity contribution in [2.24, 2.45) is 4.99 Å². The molecule has 4 heteroatoms. The van der Waals surface area contributed by atoms with Gasteiger partial charge in [0.05, 0.1) is 13.7 Å². The van der Waals surface area contributed by atoms with Gasteiger partial charge in [-0.25, -0.2) is 0 Å². The molecule has 1 heterocycles. The van der Waals surface area contributed by atoms with Crippen LogP contribution in [-0.2, 0) is 16.0 Å². The summed E-state index contributed by atoms with van der Waals surface area (Å²) in [5.74, 6) is 0.997. The molecule has 0 spiro atoms. The molecule has 0 atom stereocenters. The molecule has 0 bridgehead atoms. The third kappa shape index (κ3) is 4.09. The van der Waals surface area contributed by atoms with Gasteiger partial charge in [0.15, 0.2) is 0 Å². The normalized spacial score (nSPS) is 14.4. The molecule has 0 aromatic heterocycles. The molecule has 102 valence electrons. The molecular weight excluding hydrogens is 240 g/mol. The number of carbonyl (C=O) groups excluding carboxylic acids is 1. The standard InChI is InChI=1S/C15H20N2O2/c1-19-15(18)8-5-10-17-11-9-16-14(17)12-13-6-3-2-4-7-13/h2-4,6-7H,5,8-12H2,1H3. The molecule has 0 N–H and O–H groups in total. The highest BCUT2D eigenvalue weighted by atomic mass is 16.5. The second kappa shape index (κ2) is 6.92. The van der Waals surface area contributed by atoms with Gasteiger partial charge in [-0.3, -0.25) is 9.79 Å². The minimum atomic E-state index is -0.138. The third-order valence-corrected chi connectivity index (χ3v) is 3.27. The number of benzene rings is 1. The summed E-state index contributed by atoms with van der Waals surface area (Å²) in [5, 5.41) is 0. The predicted octanol–water partition coefficient (Wildman–Crippen LogP) is 1.90. The second-order valence-corrected chi connectivity index (χ2v) is 4.63. The first-order valence-corrected chi connectivity index (χ1v) is 6.68. The van der Waals surface area contributed by atoms with Gasteiger partial charge in [0, 0.05) is 25.9 Å². The summed E-state index contributed by atoms with van der Waals surface area (Å²) in [7, 11) is 1.43. The monoisotopic (exact) mass is 260 g/mol. The highest BCUT2D eigenvalue weighted by molar-refractivity contribution is 5.85. The van der Waals surface area contributed by atoms with Crippen LogP contribution < -0.4 is 0 Å². The van der Waals surface area contributed by atoms with Gasteiger partial charge in [-0.05, 0) is 12.0 Å². The van der Waals surface area contributed by atoms with Gasteiger partial charge < -0.3 is 9.64 Å². The molecular formula is C15H20N2O2. The fourth-order valence-corrected chi connectivity index (χ4v) is 2.23. The average Bonchev–Trinajstić information content (AvgIpc) is 2.87. The maximum atomic E-state index is 11.1. The summed E-state index contributed by atoms with van der Waals surface area (Å²) in [6.45, 7) is 2.70. The largest absolute Gasteiger partial charge is 0.469 e. The van der Waals surface area contributed by atoms with Crippen molar-refractivity contribution in [3.05, 3.63) is 35.9 Å². The van der Waals surface area contributed by atoms with Crippen molar-refractivity contribution in [2.45, 2.75) is 19.3 Å². The molecule has 4 nitrogen and oxygen atoms in total. The third-order valence-electron chi connectivity index (χ3n) is 3.27. The Bertz CT molecular complexity index is 443. The Hall–Kier alpha value is -1.84. The van der Waals surface area contributed by atoms with E-state index in [2.05, 4.69) is 26.8 Å². The summed E-state index contributed by atoms with van der Waals surface area (Å²) in [5.41, 5.74) is 1.28. The summed E-state index contributed by atoms with van der Waals surface area (Å²) in [6.07, 6.45) is 2.17. The zero-order chi connectivity index (χ0) is 13.5. The Morgan fingerprint density at radius 3 is 2.89 bits per heavy atom. The van der Waals surface area contributed by atoms with Crippen molar-refractivity contribution in [2.75, 3.05) is 26.7 Å². The molecule has 0 amide bonds.